The average Bonchev–Trinajstić information content (AvgIpc) is 3.25. The van der Waals surface area contributed by atoms with E-state index in [1.165, 1.54) is 11.3 Å². The first kappa shape index (κ1) is 18.8. The molecule has 1 amide bonds. The summed E-state index contributed by atoms with van der Waals surface area (Å²) in [6.45, 7) is 5.60. The van der Waals surface area contributed by atoms with Crippen molar-refractivity contribution in [3.8, 4) is 11.5 Å². The molecule has 27 heavy (non-hydrogen) atoms. The van der Waals surface area contributed by atoms with Crippen molar-refractivity contribution in [2.24, 2.45) is 0 Å². The van der Waals surface area contributed by atoms with Crippen molar-refractivity contribution in [1.82, 2.24) is 10.3 Å². The van der Waals surface area contributed by atoms with E-state index in [0.29, 0.717) is 22.9 Å². The number of hydrogen-bond acceptors (Lipinski definition) is 5. The molecule has 2 N–H and O–H groups in total. The van der Waals surface area contributed by atoms with Crippen molar-refractivity contribution in [3.05, 3.63) is 63.2 Å². The van der Waals surface area contributed by atoms with Crippen LogP contribution in [0.1, 0.15) is 34.2 Å². The van der Waals surface area contributed by atoms with E-state index in [4.69, 9.17) is 4.42 Å². The normalized spacial score (nSPS) is 12.0. The van der Waals surface area contributed by atoms with Crippen molar-refractivity contribution in [2.45, 2.75) is 33.2 Å². The van der Waals surface area contributed by atoms with Crippen LogP contribution in [0.15, 0.2) is 39.4 Å². The first-order valence-corrected chi connectivity index (χ1v) is 9.37. The first-order chi connectivity index (χ1) is 12.8. The molecule has 1 unspecified atom stereocenters. The highest BCUT2D eigenvalue weighted by Crippen LogP contribution is 2.24. The van der Waals surface area contributed by atoms with Crippen LogP contribution in [0.4, 0.5) is 0 Å². The molecular formula is C20H20N2O4S. The molecule has 0 aliphatic rings. The molecule has 2 heterocycles. The number of hydrogen-bond donors (Lipinski definition) is 2. The van der Waals surface area contributed by atoms with Crippen molar-refractivity contribution >= 4 is 23.2 Å². The van der Waals surface area contributed by atoms with Crippen molar-refractivity contribution < 1.29 is 19.1 Å². The van der Waals surface area contributed by atoms with Crippen LogP contribution in [0.3, 0.4) is 0 Å². The topological polar surface area (TPSA) is 92.4 Å². The molecule has 1 atom stereocenters. The van der Waals surface area contributed by atoms with E-state index < -0.39 is 17.9 Å². The summed E-state index contributed by atoms with van der Waals surface area (Å²) in [5.41, 5.74) is 3.93. The Morgan fingerprint density at radius 1 is 1.22 bits per heavy atom. The van der Waals surface area contributed by atoms with Crippen molar-refractivity contribution in [1.29, 1.82) is 0 Å². The number of aliphatic carboxylic acids is 1. The maximum atomic E-state index is 12.4. The molecule has 0 spiro atoms. The Hall–Kier alpha value is -2.93. The smallest absolute Gasteiger partial charge is 0.330 e. The molecule has 0 fully saturated rings. The minimum absolute atomic E-state index is 0.0475. The Morgan fingerprint density at radius 3 is 2.63 bits per heavy atom. The number of oxazole rings is 1. The summed E-state index contributed by atoms with van der Waals surface area (Å²) >= 11 is 1.53. The van der Waals surface area contributed by atoms with Gasteiger partial charge in [0, 0.05) is 10.9 Å². The number of thiophene rings is 1. The van der Waals surface area contributed by atoms with E-state index in [2.05, 4.69) is 10.3 Å². The van der Waals surface area contributed by atoms with Gasteiger partial charge in [-0.2, -0.15) is 11.3 Å². The van der Waals surface area contributed by atoms with Gasteiger partial charge in [0.25, 0.3) is 0 Å². The fourth-order valence-electron chi connectivity index (χ4n) is 2.70. The second kappa shape index (κ2) is 7.75. The van der Waals surface area contributed by atoms with Crippen LogP contribution >= 0.6 is 11.3 Å². The van der Waals surface area contributed by atoms with Gasteiger partial charge in [0.15, 0.2) is 6.04 Å². The lowest BCUT2D eigenvalue weighted by molar-refractivity contribution is -0.142. The zero-order valence-corrected chi connectivity index (χ0v) is 16.1. The monoisotopic (exact) mass is 384 g/mol. The Balaban J connectivity index is 1.75. The van der Waals surface area contributed by atoms with Gasteiger partial charge >= 0.3 is 5.97 Å². The van der Waals surface area contributed by atoms with Crippen LogP contribution in [0.5, 0.6) is 0 Å². The molecule has 0 saturated heterocycles. The predicted molar refractivity (Wildman–Crippen MR) is 103 cm³/mol. The number of carbonyl (C=O) groups excluding carboxylic acids is 1. The third kappa shape index (κ3) is 4.25. The number of carboxylic acids is 1. The third-order valence-corrected chi connectivity index (χ3v) is 5.09. The van der Waals surface area contributed by atoms with Crippen LogP contribution < -0.4 is 5.32 Å². The van der Waals surface area contributed by atoms with Gasteiger partial charge in [-0.15, -0.1) is 0 Å². The summed E-state index contributed by atoms with van der Waals surface area (Å²) in [7, 11) is 0. The van der Waals surface area contributed by atoms with Gasteiger partial charge in [0.05, 0.1) is 12.1 Å². The van der Waals surface area contributed by atoms with Crippen LogP contribution in [0, 0.1) is 20.8 Å². The number of rotatable bonds is 6. The summed E-state index contributed by atoms with van der Waals surface area (Å²) in [4.78, 5) is 28.5. The Kier molecular flexibility index (Phi) is 5.41. The van der Waals surface area contributed by atoms with E-state index in [-0.39, 0.29) is 6.42 Å². The van der Waals surface area contributed by atoms with Gasteiger partial charge in [0.1, 0.15) is 5.76 Å². The third-order valence-electron chi connectivity index (χ3n) is 4.41. The van der Waals surface area contributed by atoms with E-state index in [9.17, 15) is 14.7 Å². The molecule has 0 aliphatic heterocycles. The van der Waals surface area contributed by atoms with Gasteiger partial charge in [-0.1, -0.05) is 18.2 Å². The Labute approximate surface area is 160 Å². The summed E-state index contributed by atoms with van der Waals surface area (Å²) in [6.07, 6.45) is -0.0475. The zero-order valence-electron chi connectivity index (χ0n) is 15.3. The maximum Gasteiger partial charge on any atom is 0.330 e. The molecular weight excluding hydrogens is 364 g/mol. The first-order valence-electron chi connectivity index (χ1n) is 8.43. The summed E-state index contributed by atoms with van der Waals surface area (Å²) in [5, 5.41) is 15.9. The standard InChI is InChI=1S/C20H20N2O4S/c1-11-4-5-14(8-12(11)2)18(20(24)25)22-17(23)9-16-13(3)26-19(21-16)15-6-7-27-10-15/h4-8,10,18H,9H2,1-3H3,(H,22,23)(H,24,25). The molecule has 0 saturated carbocycles. The predicted octanol–water partition coefficient (Wildman–Crippen LogP) is 3.81. The molecule has 3 aromatic rings. The summed E-state index contributed by atoms with van der Waals surface area (Å²) < 4.78 is 5.63. The van der Waals surface area contributed by atoms with Crippen LogP contribution in [-0.2, 0) is 16.0 Å². The van der Waals surface area contributed by atoms with E-state index in [1.54, 1.807) is 19.1 Å². The number of aryl methyl sites for hydroxylation is 3. The summed E-state index contributed by atoms with van der Waals surface area (Å²) in [6, 6.07) is 6.13. The second-order valence-corrected chi connectivity index (χ2v) is 7.17. The number of nitrogens with zero attached hydrogens (tertiary/aromatic N) is 1. The van der Waals surface area contributed by atoms with Crippen LogP contribution in [-0.4, -0.2) is 22.0 Å². The van der Waals surface area contributed by atoms with Crippen LogP contribution in [0.25, 0.3) is 11.5 Å². The molecule has 2 aromatic heterocycles. The molecule has 6 nitrogen and oxygen atoms in total. The van der Waals surface area contributed by atoms with Gasteiger partial charge in [-0.3, -0.25) is 4.79 Å². The minimum Gasteiger partial charge on any atom is -0.479 e. The number of amides is 1. The molecule has 1 aromatic carbocycles. The fraction of sp³-hybridized carbons (Fsp3) is 0.250. The number of carbonyl (C=O) groups is 2. The number of aromatic nitrogens is 1. The minimum atomic E-state index is -1.11. The zero-order chi connectivity index (χ0) is 19.6. The number of benzene rings is 1. The van der Waals surface area contributed by atoms with Crippen LogP contribution in [0.2, 0.25) is 0 Å². The average molecular weight is 384 g/mol. The largest absolute Gasteiger partial charge is 0.479 e. The summed E-state index contributed by atoms with van der Waals surface area (Å²) in [5.74, 6) is -0.527. The van der Waals surface area contributed by atoms with Gasteiger partial charge in [0.2, 0.25) is 11.8 Å². The molecule has 0 bridgehead atoms. The molecule has 7 heteroatoms. The molecule has 0 radical (unpaired) electrons. The highest BCUT2D eigenvalue weighted by Gasteiger charge is 2.24. The SMILES string of the molecule is Cc1ccc(C(NC(=O)Cc2nc(-c3ccsc3)oc2C)C(=O)O)cc1C. The fourth-order valence-corrected chi connectivity index (χ4v) is 3.33. The lowest BCUT2D eigenvalue weighted by Crippen LogP contribution is -2.35. The maximum absolute atomic E-state index is 12.4. The number of nitrogens with one attached hydrogen (secondary N) is 1. The van der Waals surface area contributed by atoms with Crippen molar-refractivity contribution in [3.63, 3.8) is 0 Å². The molecule has 0 aliphatic carbocycles. The lowest BCUT2D eigenvalue weighted by Gasteiger charge is -2.16. The second-order valence-electron chi connectivity index (χ2n) is 6.39. The highest BCUT2D eigenvalue weighted by molar-refractivity contribution is 7.08. The van der Waals surface area contributed by atoms with E-state index in [0.717, 1.165) is 16.7 Å². The van der Waals surface area contributed by atoms with E-state index in [1.807, 2.05) is 36.7 Å². The Morgan fingerprint density at radius 2 is 2.00 bits per heavy atom. The van der Waals surface area contributed by atoms with Gasteiger partial charge in [-0.25, -0.2) is 9.78 Å². The highest BCUT2D eigenvalue weighted by atomic mass is 32.1. The Bertz CT molecular complexity index is 976. The quantitative estimate of drug-likeness (QED) is 0.674. The van der Waals surface area contributed by atoms with Gasteiger partial charge < -0.3 is 14.8 Å². The molecule has 140 valence electrons. The lowest BCUT2D eigenvalue weighted by atomic mass is 10.0. The van der Waals surface area contributed by atoms with E-state index >= 15 is 0 Å². The van der Waals surface area contributed by atoms with Gasteiger partial charge in [-0.05, 0) is 48.9 Å². The van der Waals surface area contributed by atoms with Crippen molar-refractivity contribution in [2.75, 3.05) is 0 Å². The molecule has 3 rings (SSSR count). The number of carboxylic acid groups (broad SMARTS) is 1.